The first kappa shape index (κ1) is 23.4. The maximum atomic E-state index is 12.9. The highest BCUT2D eigenvalue weighted by Crippen LogP contribution is 2.39. The molecule has 3 rings (SSSR count). The van der Waals surface area contributed by atoms with E-state index in [9.17, 15) is 14.9 Å². The van der Waals surface area contributed by atoms with Gasteiger partial charge in [0, 0.05) is 4.88 Å². The molecule has 0 fully saturated rings. The molecule has 0 saturated heterocycles. The Morgan fingerprint density at radius 3 is 2.66 bits per heavy atom. The van der Waals surface area contributed by atoms with Gasteiger partial charge in [0.25, 0.3) is 5.91 Å². The molecule has 1 amide bonds. The standard InChI is InChI=1S/C24H26N2O5S/c1-4-30-19-13-15(10-11-18(19)29-3)12-16(14-25)22(27)26-23-21(24(28)31-5-2)17-8-6-7-9-20(17)32-23/h10-13H,4-9H2,1-3H3,(H,26,27)/b16-12+. The van der Waals surface area contributed by atoms with Crippen LogP contribution < -0.4 is 14.8 Å². The van der Waals surface area contributed by atoms with Crippen molar-refractivity contribution >= 4 is 34.3 Å². The van der Waals surface area contributed by atoms with Crippen LogP contribution in [0.25, 0.3) is 6.08 Å². The number of anilines is 1. The quantitative estimate of drug-likeness (QED) is 0.351. The van der Waals surface area contributed by atoms with Crippen LogP contribution in [0.5, 0.6) is 11.5 Å². The summed E-state index contributed by atoms with van der Waals surface area (Å²) in [6.07, 6.45) is 5.17. The summed E-state index contributed by atoms with van der Waals surface area (Å²) in [4.78, 5) is 26.6. The number of nitrogens with zero attached hydrogens (tertiary/aromatic N) is 1. The second kappa shape index (κ2) is 10.8. The Morgan fingerprint density at radius 2 is 1.97 bits per heavy atom. The van der Waals surface area contributed by atoms with Crippen LogP contribution in [0.2, 0.25) is 0 Å². The smallest absolute Gasteiger partial charge is 0.341 e. The number of esters is 1. The first-order valence-electron chi connectivity index (χ1n) is 10.6. The van der Waals surface area contributed by atoms with E-state index in [1.165, 1.54) is 17.4 Å². The summed E-state index contributed by atoms with van der Waals surface area (Å²) >= 11 is 1.39. The molecule has 32 heavy (non-hydrogen) atoms. The number of hydrogen-bond acceptors (Lipinski definition) is 7. The number of nitrogens with one attached hydrogen (secondary N) is 1. The van der Waals surface area contributed by atoms with E-state index in [4.69, 9.17) is 14.2 Å². The first-order chi connectivity index (χ1) is 15.5. The van der Waals surface area contributed by atoms with E-state index in [1.54, 1.807) is 32.2 Å². The van der Waals surface area contributed by atoms with Crippen LogP contribution in [0.15, 0.2) is 23.8 Å². The number of benzene rings is 1. The normalized spacial score (nSPS) is 13.0. The summed E-state index contributed by atoms with van der Waals surface area (Å²) in [6.45, 7) is 4.31. The van der Waals surface area contributed by atoms with Crippen LogP contribution in [0, 0.1) is 11.3 Å². The minimum Gasteiger partial charge on any atom is -0.493 e. The van der Waals surface area contributed by atoms with Crippen molar-refractivity contribution in [3.8, 4) is 17.6 Å². The van der Waals surface area contributed by atoms with E-state index in [2.05, 4.69) is 5.32 Å². The number of fused-ring (bicyclic) bond motifs is 1. The molecule has 1 aromatic carbocycles. The number of nitriles is 1. The lowest BCUT2D eigenvalue weighted by Gasteiger charge is -2.12. The SMILES string of the molecule is CCOC(=O)c1c(NC(=O)/C(C#N)=C/c2ccc(OC)c(OCC)c2)sc2c1CCCC2. The molecule has 0 aliphatic heterocycles. The minimum absolute atomic E-state index is 0.0844. The predicted molar refractivity (Wildman–Crippen MR) is 123 cm³/mol. The number of aryl methyl sites for hydroxylation is 1. The van der Waals surface area contributed by atoms with E-state index in [0.29, 0.717) is 34.2 Å². The Bertz CT molecular complexity index is 1080. The lowest BCUT2D eigenvalue weighted by atomic mass is 9.95. The van der Waals surface area contributed by atoms with Crippen molar-refractivity contribution in [3.63, 3.8) is 0 Å². The number of carbonyl (C=O) groups excluding carboxylic acids is 2. The molecule has 1 aliphatic carbocycles. The van der Waals surface area contributed by atoms with E-state index >= 15 is 0 Å². The molecule has 1 aliphatic rings. The molecule has 0 unspecified atom stereocenters. The number of ether oxygens (including phenoxy) is 3. The lowest BCUT2D eigenvalue weighted by molar-refractivity contribution is -0.112. The van der Waals surface area contributed by atoms with Crippen LogP contribution in [-0.2, 0) is 22.4 Å². The molecule has 168 valence electrons. The molecule has 0 radical (unpaired) electrons. The van der Waals surface area contributed by atoms with Gasteiger partial charge in [-0.1, -0.05) is 6.07 Å². The average molecular weight is 455 g/mol. The number of thiophene rings is 1. The summed E-state index contributed by atoms with van der Waals surface area (Å²) in [7, 11) is 1.54. The molecule has 7 nitrogen and oxygen atoms in total. The molecule has 1 aromatic heterocycles. The molecule has 0 bridgehead atoms. The predicted octanol–water partition coefficient (Wildman–Crippen LogP) is 4.76. The molecule has 0 atom stereocenters. The Hall–Kier alpha value is -3.31. The van der Waals surface area contributed by atoms with Gasteiger partial charge >= 0.3 is 5.97 Å². The van der Waals surface area contributed by atoms with Gasteiger partial charge in [0.15, 0.2) is 11.5 Å². The maximum absolute atomic E-state index is 12.9. The van der Waals surface area contributed by atoms with Crippen molar-refractivity contribution in [1.29, 1.82) is 5.26 Å². The fraction of sp³-hybridized carbons (Fsp3) is 0.375. The summed E-state index contributed by atoms with van der Waals surface area (Å²) in [6, 6.07) is 7.11. The minimum atomic E-state index is -0.578. The van der Waals surface area contributed by atoms with Crippen molar-refractivity contribution < 1.29 is 23.8 Å². The van der Waals surface area contributed by atoms with Crippen molar-refractivity contribution in [2.75, 3.05) is 25.6 Å². The van der Waals surface area contributed by atoms with Crippen LogP contribution in [0.1, 0.15) is 53.1 Å². The van der Waals surface area contributed by atoms with Gasteiger partial charge < -0.3 is 19.5 Å². The van der Waals surface area contributed by atoms with E-state index < -0.39 is 11.9 Å². The molecule has 0 saturated carbocycles. The molecular formula is C24H26N2O5S. The average Bonchev–Trinajstić information content (AvgIpc) is 3.15. The van der Waals surface area contributed by atoms with Crippen molar-refractivity contribution in [2.45, 2.75) is 39.5 Å². The fourth-order valence-corrected chi connectivity index (χ4v) is 4.88. The highest BCUT2D eigenvalue weighted by atomic mass is 32.1. The van der Waals surface area contributed by atoms with Crippen molar-refractivity contribution in [3.05, 3.63) is 45.3 Å². The van der Waals surface area contributed by atoms with Gasteiger partial charge in [-0.05, 0) is 68.9 Å². The second-order valence-electron chi connectivity index (χ2n) is 7.10. The Labute approximate surface area is 191 Å². The van der Waals surface area contributed by atoms with Crippen LogP contribution in [-0.4, -0.2) is 32.2 Å². The van der Waals surface area contributed by atoms with Gasteiger partial charge in [0.05, 0.1) is 25.9 Å². The molecular weight excluding hydrogens is 428 g/mol. The maximum Gasteiger partial charge on any atom is 0.341 e. The first-order valence-corrected chi connectivity index (χ1v) is 11.4. The topological polar surface area (TPSA) is 97.7 Å². The molecule has 2 aromatic rings. The van der Waals surface area contributed by atoms with E-state index in [0.717, 1.165) is 36.1 Å². The number of carbonyl (C=O) groups is 2. The Balaban J connectivity index is 1.90. The van der Waals surface area contributed by atoms with E-state index in [-0.39, 0.29) is 12.2 Å². The number of amides is 1. The van der Waals surface area contributed by atoms with Gasteiger partial charge in [0.1, 0.15) is 16.6 Å². The van der Waals surface area contributed by atoms with Crippen LogP contribution in [0.4, 0.5) is 5.00 Å². The molecule has 8 heteroatoms. The Morgan fingerprint density at radius 1 is 1.19 bits per heavy atom. The third-order valence-corrected chi connectivity index (χ3v) is 6.25. The van der Waals surface area contributed by atoms with E-state index in [1.807, 2.05) is 13.0 Å². The van der Waals surface area contributed by atoms with Crippen molar-refractivity contribution in [2.24, 2.45) is 0 Å². The number of rotatable bonds is 8. The van der Waals surface area contributed by atoms with Gasteiger partial charge in [0.2, 0.25) is 0 Å². The van der Waals surface area contributed by atoms with Gasteiger partial charge in [-0.3, -0.25) is 4.79 Å². The third kappa shape index (κ3) is 5.11. The second-order valence-corrected chi connectivity index (χ2v) is 8.21. The zero-order chi connectivity index (χ0) is 23.1. The van der Waals surface area contributed by atoms with Crippen LogP contribution in [0.3, 0.4) is 0 Å². The summed E-state index contributed by atoms with van der Waals surface area (Å²) in [5, 5.41) is 12.8. The van der Waals surface area contributed by atoms with Crippen LogP contribution >= 0.6 is 11.3 Å². The number of methoxy groups -OCH3 is 1. The molecule has 0 spiro atoms. The fourth-order valence-electron chi connectivity index (χ4n) is 3.61. The van der Waals surface area contributed by atoms with Crippen molar-refractivity contribution in [1.82, 2.24) is 0 Å². The highest BCUT2D eigenvalue weighted by Gasteiger charge is 2.27. The number of hydrogen-bond donors (Lipinski definition) is 1. The largest absolute Gasteiger partial charge is 0.493 e. The highest BCUT2D eigenvalue weighted by molar-refractivity contribution is 7.17. The zero-order valence-electron chi connectivity index (χ0n) is 18.4. The van der Waals surface area contributed by atoms with Gasteiger partial charge in [-0.25, -0.2) is 4.79 Å². The third-order valence-electron chi connectivity index (χ3n) is 5.04. The van der Waals surface area contributed by atoms with Gasteiger partial charge in [-0.15, -0.1) is 11.3 Å². The zero-order valence-corrected chi connectivity index (χ0v) is 19.3. The van der Waals surface area contributed by atoms with Gasteiger partial charge in [-0.2, -0.15) is 5.26 Å². The summed E-state index contributed by atoms with van der Waals surface area (Å²) in [5.41, 5.74) is 1.91. The molecule has 1 heterocycles. The molecule has 1 N–H and O–H groups in total. The summed E-state index contributed by atoms with van der Waals surface area (Å²) < 4.78 is 16.1. The Kier molecular flexibility index (Phi) is 7.90. The monoisotopic (exact) mass is 454 g/mol. The lowest BCUT2D eigenvalue weighted by Crippen LogP contribution is -2.16. The summed E-state index contributed by atoms with van der Waals surface area (Å²) in [5.74, 6) is 0.0683.